The molecule has 0 fully saturated rings. The van der Waals surface area contributed by atoms with Crippen molar-refractivity contribution in [2.75, 3.05) is 9.80 Å². The van der Waals surface area contributed by atoms with Crippen LogP contribution in [-0.2, 0) is 10.8 Å². The third-order valence-corrected chi connectivity index (χ3v) is 18.1. The normalized spacial score (nSPS) is 13.4. The average molecular weight is 1110 g/mol. The SMILES string of the molecule is Cc1cc(C)cc(N(c2cc(C)cc(C)c2)c2ccc3c(c2)C(C)(C)c2cc(C=Cc4ccc(-c5ccc(-c6ccc(C=Cc7ccc8c(c7)C(C)(C)c7cc(N(c9cc(C)cc(C)c9)c9cc(C)cc(C)c9)ccc7-8)cc6)cc5)cc4)ccc2-3)c1. The van der Waals surface area contributed by atoms with Gasteiger partial charge in [0.25, 0.3) is 0 Å². The molecule has 13 rings (SSSR count). The van der Waals surface area contributed by atoms with E-state index >= 15 is 0 Å². The Kier molecular flexibility index (Phi) is 14.1. The highest BCUT2D eigenvalue weighted by atomic mass is 15.1. The minimum atomic E-state index is -0.169. The number of hydrogen-bond acceptors (Lipinski definition) is 2. The first-order chi connectivity index (χ1) is 41.3. The van der Waals surface area contributed by atoms with E-state index in [4.69, 9.17) is 0 Å². The number of rotatable bonds is 12. The molecule has 0 atom stereocenters. The van der Waals surface area contributed by atoms with Crippen LogP contribution in [0.1, 0.15) is 117 Å². The van der Waals surface area contributed by atoms with E-state index < -0.39 is 0 Å². The molecule has 0 aliphatic heterocycles. The molecule has 0 radical (unpaired) electrons. The van der Waals surface area contributed by atoms with E-state index in [0.717, 1.165) is 0 Å². The first-order valence-corrected chi connectivity index (χ1v) is 30.5. The molecule has 11 aromatic rings. The molecule has 0 bridgehead atoms. The maximum absolute atomic E-state index is 2.44. The van der Waals surface area contributed by atoms with Gasteiger partial charge in [-0.05, 0) is 262 Å². The number of nitrogens with zero attached hydrogens (tertiary/aromatic N) is 2. The van der Waals surface area contributed by atoms with Gasteiger partial charge in [-0.15, -0.1) is 0 Å². The van der Waals surface area contributed by atoms with Crippen molar-refractivity contribution in [1.29, 1.82) is 0 Å². The molecule has 2 aliphatic carbocycles. The molecule has 0 unspecified atom stereocenters. The zero-order valence-corrected chi connectivity index (χ0v) is 52.0. The van der Waals surface area contributed by atoms with Gasteiger partial charge in [0.2, 0.25) is 0 Å². The fourth-order valence-electron chi connectivity index (χ4n) is 14.0. The van der Waals surface area contributed by atoms with E-state index in [0.29, 0.717) is 0 Å². The fourth-order valence-corrected chi connectivity index (χ4v) is 14.0. The van der Waals surface area contributed by atoms with Crippen LogP contribution in [0.3, 0.4) is 0 Å². The van der Waals surface area contributed by atoms with Crippen LogP contribution in [0.5, 0.6) is 0 Å². The van der Waals surface area contributed by atoms with E-state index in [-0.39, 0.29) is 10.8 Å². The molecule has 0 spiro atoms. The zero-order chi connectivity index (χ0) is 59.8. The maximum Gasteiger partial charge on any atom is 0.0466 e. The summed E-state index contributed by atoms with van der Waals surface area (Å²) in [7, 11) is 0. The Morgan fingerprint density at radius 2 is 0.442 bits per heavy atom. The second-order valence-electron chi connectivity index (χ2n) is 25.9. The van der Waals surface area contributed by atoms with Crippen LogP contribution in [0.4, 0.5) is 34.1 Å². The Labute approximate surface area is 511 Å². The molecule has 422 valence electrons. The van der Waals surface area contributed by atoms with Gasteiger partial charge in [-0.1, -0.05) is 198 Å². The van der Waals surface area contributed by atoms with Crippen molar-refractivity contribution in [3.05, 3.63) is 307 Å². The third-order valence-electron chi connectivity index (χ3n) is 18.1. The summed E-state index contributed by atoms with van der Waals surface area (Å²) in [4.78, 5) is 4.87. The number of anilines is 6. The minimum Gasteiger partial charge on any atom is -0.310 e. The van der Waals surface area contributed by atoms with Crippen LogP contribution >= 0.6 is 0 Å². The van der Waals surface area contributed by atoms with E-state index in [9.17, 15) is 0 Å². The van der Waals surface area contributed by atoms with Crippen LogP contribution in [0, 0.1) is 55.4 Å². The molecule has 0 aromatic heterocycles. The van der Waals surface area contributed by atoms with E-state index in [1.807, 2.05) is 0 Å². The van der Waals surface area contributed by atoms with Crippen molar-refractivity contribution >= 4 is 58.4 Å². The molecule has 11 aromatic carbocycles. The molecular weight excluding hydrogens is 1040 g/mol. The first kappa shape index (κ1) is 55.7. The molecular formula is C84H76N2. The minimum absolute atomic E-state index is 0.169. The van der Waals surface area contributed by atoms with Gasteiger partial charge in [-0.3, -0.25) is 0 Å². The summed E-state index contributed by atoms with van der Waals surface area (Å²) in [5.74, 6) is 0. The van der Waals surface area contributed by atoms with Crippen molar-refractivity contribution in [2.45, 2.75) is 93.9 Å². The molecule has 2 nitrogen and oxygen atoms in total. The lowest BCUT2D eigenvalue weighted by molar-refractivity contribution is 0.660. The molecule has 0 heterocycles. The summed E-state index contributed by atoms with van der Waals surface area (Å²) >= 11 is 0. The lowest BCUT2D eigenvalue weighted by atomic mass is 9.81. The molecule has 0 N–H and O–H groups in total. The average Bonchev–Trinajstić information content (AvgIpc) is 1.78. The Hall–Kier alpha value is -9.50. The Morgan fingerprint density at radius 1 is 0.221 bits per heavy atom. The first-order valence-electron chi connectivity index (χ1n) is 30.5. The van der Waals surface area contributed by atoms with Crippen LogP contribution in [0.2, 0.25) is 0 Å². The van der Waals surface area contributed by atoms with Gasteiger partial charge < -0.3 is 9.80 Å². The highest BCUT2D eigenvalue weighted by Crippen LogP contribution is 2.53. The maximum atomic E-state index is 2.44. The number of fused-ring (bicyclic) bond motifs is 6. The van der Waals surface area contributed by atoms with E-state index in [1.54, 1.807) is 0 Å². The van der Waals surface area contributed by atoms with E-state index in [2.05, 4.69) is 336 Å². The Bertz CT molecular complexity index is 4050. The van der Waals surface area contributed by atoms with Gasteiger partial charge in [0, 0.05) is 45.0 Å². The highest BCUT2D eigenvalue weighted by molar-refractivity contribution is 5.90. The predicted octanol–water partition coefficient (Wildman–Crippen LogP) is 23.4. The van der Waals surface area contributed by atoms with E-state index in [1.165, 1.54) is 168 Å². The Balaban J connectivity index is 0.668. The van der Waals surface area contributed by atoms with Crippen molar-refractivity contribution in [3.63, 3.8) is 0 Å². The summed E-state index contributed by atoms with van der Waals surface area (Å²) in [6.07, 6.45) is 8.99. The van der Waals surface area contributed by atoms with Gasteiger partial charge in [-0.25, -0.2) is 0 Å². The van der Waals surface area contributed by atoms with Crippen molar-refractivity contribution in [3.8, 4) is 44.5 Å². The van der Waals surface area contributed by atoms with Gasteiger partial charge in [0.15, 0.2) is 0 Å². The topological polar surface area (TPSA) is 6.48 Å². The van der Waals surface area contributed by atoms with Crippen LogP contribution in [0.15, 0.2) is 218 Å². The van der Waals surface area contributed by atoms with Crippen molar-refractivity contribution in [1.82, 2.24) is 0 Å². The molecule has 2 heteroatoms. The summed E-state index contributed by atoms with van der Waals surface area (Å²) in [5, 5.41) is 0. The lowest BCUT2D eigenvalue weighted by Crippen LogP contribution is -2.17. The number of aryl methyl sites for hydroxylation is 8. The van der Waals surface area contributed by atoms with Crippen LogP contribution in [-0.4, -0.2) is 0 Å². The summed E-state index contributed by atoms with van der Waals surface area (Å²) in [5.41, 5.74) is 37.2. The number of benzene rings is 11. The van der Waals surface area contributed by atoms with Crippen molar-refractivity contribution in [2.24, 2.45) is 0 Å². The molecule has 86 heavy (non-hydrogen) atoms. The van der Waals surface area contributed by atoms with Gasteiger partial charge in [0.1, 0.15) is 0 Å². The quantitative estimate of drug-likeness (QED) is 0.113. The summed E-state index contributed by atoms with van der Waals surface area (Å²) in [6, 6.07) is 82.4. The second-order valence-corrected chi connectivity index (χ2v) is 25.9. The number of hydrogen-bond donors (Lipinski definition) is 0. The predicted molar refractivity (Wildman–Crippen MR) is 370 cm³/mol. The van der Waals surface area contributed by atoms with Gasteiger partial charge in [-0.2, -0.15) is 0 Å². The lowest BCUT2D eigenvalue weighted by Gasteiger charge is -2.29. The Morgan fingerprint density at radius 3 is 0.721 bits per heavy atom. The molecule has 0 saturated heterocycles. The van der Waals surface area contributed by atoms with Gasteiger partial charge in [0.05, 0.1) is 0 Å². The summed E-state index contributed by atoms with van der Waals surface area (Å²) < 4.78 is 0. The van der Waals surface area contributed by atoms with Crippen molar-refractivity contribution < 1.29 is 0 Å². The standard InChI is InChI=1S/C84H76N2/c1-53-37-54(2)42-71(41-53)85(72-43-55(3)38-56(4)44-72)69-31-35-77-75-33-21-63(49-79(75)83(9,10)81(77)51-69)15-13-61-17-23-65(24-18-61)67-27-29-68(30-28-67)66-25-19-62(20-26-66)14-16-64-22-34-76-78-36-32-70(52-82(78)84(11,12)80(76)50-64)86(73-45-57(5)39-58(6)46-73)74-47-59(7)40-60(8)48-74/h13-52H,1-12H3. The van der Waals surface area contributed by atoms with Gasteiger partial charge >= 0.3 is 0 Å². The molecule has 0 saturated carbocycles. The summed E-state index contributed by atoms with van der Waals surface area (Å²) in [6.45, 7) is 27.0. The largest absolute Gasteiger partial charge is 0.310 e. The molecule has 0 amide bonds. The van der Waals surface area contributed by atoms with Crippen LogP contribution in [0.25, 0.3) is 68.8 Å². The highest BCUT2D eigenvalue weighted by Gasteiger charge is 2.38. The third kappa shape index (κ3) is 10.6. The second kappa shape index (κ2) is 21.8. The fraction of sp³-hybridized carbons (Fsp3) is 0.167. The zero-order valence-electron chi connectivity index (χ0n) is 52.0. The smallest absolute Gasteiger partial charge is 0.0466 e. The molecule has 2 aliphatic rings. The van der Waals surface area contributed by atoms with Crippen LogP contribution < -0.4 is 9.80 Å². The monoisotopic (exact) mass is 1110 g/mol.